The summed E-state index contributed by atoms with van der Waals surface area (Å²) in [6.07, 6.45) is 0. The highest BCUT2D eigenvalue weighted by Crippen LogP contribution is 2.30. The third-order valence-corrected chi connectivity index (χ3v) is 6.50. The molecule has 6 heteroatoms. The molecule has 0 amide bonds. The molecular weight excluding hydrogens is 306 g/mol. The molecule has 0 aliphatic rings. The van der Waals surface area contributed by atoms with Crippen LogP contribution in [-0.2, 0) is 9.84 Å². The third kappa shape index (κ3) is 2.69. The van der Waals surface area contributed by atoms with E-state index in [4.69, 9.17) is 5.73 Å². The van der Waals surface area contributed by atoms with Gasteiger partial charge in [0.05, 0.1) is 0 Å². The number of carbonyl (C=O) groups excluding carboxylic acids is 1. The highest BCUT2D eigenvalue weighted by Gasteiger charge is 2.42. The van der Waals surface area contributed by atoms with Crippen molar-refractivity contribution in [1.29, 1.82) is 0 Å². The number of nitrogens with two attached hydrogens (primary N) is 1. The number of alkyl halides is 1. The van der Waals surface area contributed by atoms with Crippen LogP contribution in [-0.4, -0.2) is 23.6 Å². The molecule has 0 radical (unpaired) electrons. The lowest BCUT2D eigenvalue weighted by Crippen LogP contribution is -2.38. The van der Waals surface area contributed by atoms with Gasteiger partial charge in [0.25, 0.3) is 0 Å². The second-order valence-corrected chi connectivity index (χ2v) is 8.51. The standard InChI is InChI=1S/C11H14BrNO3S/c1-3-17(15,16)11(2,12)10(14)8-4-6-9(13)7-5-8/h4-7H,3,13H2,1-2H3. The molecule has 0 heterocycles. The van der Waals surface area contributed by atoms with Gasteiger partial charge in [0, 0.05) is 17.0 Å². The van der Waals surface area contributed by atoms with E-state index in [-0.39, 0.29) is 5.75 Å². The predicted molar refractivity (Wildman–Crippen MR) is 72.0 cm³/mol. The van der Waals surface area contributed by atoms with Crippen LogP contribution in [0, 0.1) is 0 Å². The maximum atomic E-state index is 12.1. The molecule has 94 valence electrons. The number of Topliss-reactive ketones (excluding diaryl/α,β-unsaturated/α-hetero) is 1. The zero-order chi connectivity index (χ0) is 13.3. The lowest BCUT2D eigenvalue weighted by Gasteiger charge is -2.20. The van der Waals surface area contributed by atoms with E-state index in [1.807, 2.05) is 0 Å². The zero-order valence-corrected chi connectivity index (χ0v) is 12.0. The number of sulfone groups is 1. The topological polar surface area (TPSA) is 77.2 Å². The fourth-order valence-corrected chi connectivity index (χ4v) is 3.16. The van der Waals surface area contributed by atoms with Crippen LogP contribution in [0.4, 0.5) is 5.69 Å². The highest BCUT2D eigenvalue weighted by atomic mass is 79.9. The van der Waals surface area contributed by atoms with Gasteiger partial charge in [-0.1, -0.05) is 22.9 Å². The van der Waals surface area contributed by atoms with Crippen molar-refractivity contribution < 1.29 is 13.2 Å². The average molecular weight is 320 g/mol. The van der Waals surface area contributed by atoms with Crippen molar-refractivity contribution in [3.63, 3.8) is 0 Å². The van der Waals surface area contributed by atoms with Crippen molar-refractivity contribution >= 4 is 37.2 Å². The van der Waals surface area contributed by atoms with Gasteiger partial charge in [-0.3, -0.25) is 4.79 Å². The normalized spacial score (nSPS) is 15.2. The molecule has 2 N–H and O–H groups in total. The summed E-state index contributed by atoms with van der Waals surface area (Å²) in [6.45, 7) is 2.86. The maximum Gasteiger partial charge on any atom is 0.194 e. The number of anilines is 1. The molecule has 0 saturated carbocycles. The minimum Gasteiger partial charge on any atom is -0.399 e. The Morgan fingerprint density at radius 3 is 2.24 bits per heavy atom. The fourth-order valence-electron chi connectivity index (χ4n) is 1.30. The predicted octanol–water partition coefficient (Wildman–Crippen LogP) is 2.00. The number of hydrogen-bond donors (Lipinski definition) is 1. The lowest BCUT2D eigenvalue weighted by atomic mass is 10.1. The highest BCUT2D eigenvalue weighted by molar-refractivity contribution is 9.12. The minimum atomic E-state index is -3.52. The van der Waals surface area contributed by atoms with E-state index in [0.717, 1.165) is 0 Å². The van der Waals surface area contributed by atoms with Crippen LogP contribution in [0.25, 0.3) is 0 Å². The van der Waals surface area contributed by atoms with Crippen molar-refractivity contribution in [2.45, 2.75) is 17.5 Å². The first-order valence-corrected chi connectivity index (χ1v) is 7.48. The van der Waals surface area contributed by atoms with Gasteiger partial charge in [-0.05, 0) is 31.2 Å². The van der Waals surface area contributed by atoms with Crippen LogP contribution in [0.15, 0.2) is 24.3 Å². The van der Waals surface area contributed by atoms with Crippen LogP contribution < -0.4 is 5.73 Å². The largest absolute Gasteiger partial charge is 0.399 e. The van der Waals surface area contributed by atoms with Gasteiger partial charge in [-0.15, -0.1) is 0 Å². The molecule has 0 aromatic heterocycles. The molecule has 1 rings (SSSR count). The van der Waals surface area contributed by atoms with Crippen LogP contribution in [0.2, 0.25) is 0 Å². The Balaban J connectivity index is 3.18. The minimum absolute atomic E-state index is 0.102. The quantitative estimate of drug-likeness (QED) is 0.523. The van der Waals surface area contributed by atoms with Gasteiger partial charge < -0.3 is 5.73 Å². The van der Waals surface area contributed by atoms with E-state index < -0.39 is 19.3 Å². The first kappa shape index (κ1) is 14.2. The van der Waals surface area contributed by atoms with Crippen molar-refractivity contribution in [2.24, 2.45) is 0 Å². The molecule has 1 aromatic rings. The lowest BCUT2D eigenvalue weighted by molar-refractivity contribution is 0.0983. The van der Waals surface area contributed by atoms with Gasteiger partial charge in [0.1, 0.15) is 0 Å². The van der Waals surface area contributed by atoms with Gasteiger partial charge in [-0.25, -0.2) is 8.42 Å². The smallest absolute Gasteiger partial charge is 0.194 e. The van der Waals surface area contributed by atoms with E-state index in [9.17, 15) is 13.2 Å². The Kier molecular flexibility index (Phi) is 3.99. The second-order valence-electron chi connectivity index (χ2n) is 3.77. The van der Waals surface area contributed by atoms with E-state index in [1.165, 1.54) is 26.0 Å². The van der Waals surface area contributed by atoms with Gasteiger partial charge in [0.2, 0.25) is 0 Å². The van der Waals surface area contributed by atoms with Crippen LogP contribution in [0.1, 0.15) is 24.2 Å². The van der Waals surface area contributed by atoms with Gasteiger partial charge in [0.15, 0.2) is 19.3 Å². The molecule has 0 saturated heterocycles. The SMILES string of the molecule is CCS(=O)(=O)C(C)(Br)C(=O)c1ccc(N)cc1. The second kappa shape index (κ2) is 4.78. The molecule has 0 aliphatic carbocycles. The van der Waals surface area contributed by atoms with Crippen molar-refractivity contribution in [1.82, 2.24) is 0 Å². The third-order valence-electron chi connectivity index (χ3n) is 2.54. The fraction of sp³-hybridized carbons (Fsp3) is 0.364. The van der Waals surface area contributed by atoms with Gasteiger partial charge in [-0.2, -0.15) is 0 Å². The van der Waals surface area contributed by atoms with Crippen LogP contribution in [0.5, 0.6) is 0 Å². The Hall–Kier alpha value is -0.880. The maximum absolute atomic E-state index is 12.1. The summed E-state index contributed by atoms with van der Waals surface area (Å²) in [5.41, 5.74) is 6.35. The summed E-state index contributed by atoms with van der Waals surface area (Å²) in [7, 11) is -3.52. The summed E-state index contributed by atoms with van der Waals surface area (Å²) >= 11 is 3.02. The number of ketones is 1. The first-order valence-electron chi connectivity index (χ1n) is 5.04. The van der Waals surface area contributed by atoms with Crippen molar-refractivity contribution in [2.75, 3.05) is 11.5 Å². The van der Waals surface area contributed by atoms with Crippen LogP contribution >= 0.6 is 15.9 Å². The first-order chi connectivity index (χ1) is 7.72. The Labute approximate surface area is 109 Å². The monoisotopic (exact) mass is 319 g/mol. The molecule has 1 atom stereocenters. The van der Waals surface area contributed by atoms with E-state index in [2.05, 4.69) is 15.9 Å². The Morgan fingerprint density at radius 2 is 1.82 bits per heavy atom. The average Bonchev–Trinajstić information content (AvgIpc) is 2.28. The molecule has 4 nitrogen and oxygen atoms in total. The number of carbonyl (C=O) groups is 1. The van der Waals surface area contributed by atoms with Crippen molar-refractivity contribution in [3.8, 4) is 0 Å². The number of halogens is 1. The van der Waals surface area contributed by atoms with E-state index in [0.29, 0.717) is 11.3 Å². The number of nitrogen functional groups attached to an aromatic ring is 1. The Morgan fingerprint density at radius 1 is 1.35 bits per heavy atom. The number of benzene rings is 1. The van der Waals surface area contributed by atoms with Gasteiger partial charge >= 0.3 is 0 Å². The molecule has 1 unspecified atom stereocenters. The van der Waals surface area contributed by atoms with E-state index >= 15 is 0 Å². The summed E-state index contributed by atoms with van der Waals surface area (Å²) in [5, 5.41) is 0. The molecule has 1 aromatic carbocycles. The molecule has 0 bridgehead atoms. The Bertz CT molecular complexity index is 520. The molecular formula is C11H14BrNO3S. The number of hydrogen-bond acceptors (Lipinski definition) is 4. The van der Waals surface area contributed by atoms with Crippen LogP contribution in [0.3, 0.4) is 0 Å². The summed E-state index contributed by atoms with van der Waals surface area (Å²) in [5.74, 6) is -0.588. The molecule has 0 aliphatic heterocycles. The zero-order valence-electron chi connectivity index (χ0n) is 9.60. The molecule has 17 heavy (non-hydrogen) atoms. The van der Waals surface area contributed by atoms with E-state index in [1.54, 1.807) is 12.1 Å². The summed E-state index contributed by atoms with van der Waals surface area (Å²) < 4.78 is 22.0. The molecule has 0 spiro atoms. The van der Waals surface area contributed by atoms with Crippen molar-refractivity contribution in [3.05, 3.63) is 29.8 Å². The summed E-state index contributed by atoms with van der Waals surface area (Å²) in [6, 6.07) is 6.16. The summed E-state index contributed by atoms with van der Waals surface area (Å²) in [4.78, 5) is 12.1. The molecule has 0 fully saturated rings. The number of rotatable bonds is 4.